The highest BCUT2D eigenvalue weighted by atomic mass is 32.1. The molecule has 27 heavy (non-hydrogen) atoms. The first-order valence-electron chi connectivity index (χ1n) is 8.52. The molecule has 0 saturated heterocycles. The van der Waals surface area contributed by atoms with Crippen LogP contribution in [0.15, 0.2) is 60.8 Å². The number of hydrogen-bond acceptors (Lipinski definition) is 7. The van der Waals surface area contributed by atoms with E-state index in [4.69, 9.17) is 9.47 Å². The Morgan fingerprint density at radius 3 is 2.74 bits per heavy atom. The Hall–Kier alpha value is -3.03. The van der Waals surface area contributed by atoms with E-state index in [0.29, 0.717) is 13.0 Å². The monoisotopic (exact) mass is 378 g/mol. The zero-order chi connectivity index (χ0) is 18.5. The molecule has 4 rings (SSSR count). The number of nitrogens with zero attached hydrogens (tertiary/aromatic N) is 3. The molecule has 0 aliphatic carbocycles. The number of fused-ring (bicyclic) bond motifs is 1. The van der Waals surface area contributed by atoms with Gasteiger partial charge in [-0.05, 0) is 42.5 Å². The molecular weight excluding hydrogens is 360 g/mol. The predicted molar refractivity (Wildman–Crippen MR) is 107 cm³/mol. The number of ether oxygens (including phenoxy) is 2. The Kier molecular flexibility index (Phi) is 5.22. The molecular formula is C20H18N4O2S. The molecule has 2 aromatic carbocycles. The lowest BCUT2D eigenvalue weighted by atomic mass is 10.2. The Morgan fingerprint density at radius 1 is 1.04 bits per heavy atom. The van der Waals surface area contributed by atoms with Crippen molar-refractivity contribution in [3.05, 3.63) is 66.6 Å². The zero-order valence-electron chi connectivity index (χ0n) is 14.8. The summed E-state index contributed by atoms with van der Waals surface area (Å²) in [5.41, 5.74) is 1.84. The van der Waals surface area contributed by atoms with Crippen molar-refractivity contribution in [3.8, 4) is 11.5 Å². The fourth-order valence-electron chi connectivity index (χ4n) is 2.62. The third-order valence-electron chi connectivity index (χ3n) is 3.94. The fourth-order valence-corrected chi connectivity index (χ4v) is 3.25. The normalized spacial score (nSPS) is 10.9. The Balaban J connectivity index is 1.45. The second kappa shape index (κ2) is 8.11. The van der Waals surface area contributed by atoms with E-state index in [-0.39, 0.29) is 0 Å². The number of para-hydroxylation sites is 1. The van der Waals surface area contributed by atoms with Crippen LogP contribution in [0.5, 0.6) is 11.5 Å². The van der Waals surface area contributed by atoms with Gasteiger partial charge in [0.25, 0.3) is 0 Å². The molecule has 1 N–H and O–H groups in total. The molecule has 136 valence electrons. The number of methoxy groups -OCH3 is 1. The average Bonchev–Trinajstić information content (AvgIpc) is 3.15. The second-order valence-electron chi connectivity index (χ2n) is 5.84. The predicted octanol–water partition coefficient (Wildman–Crippen LogP) is 4.81. The third-order valence-corrected chi connectivity index (χ3v) is 4.61. The number of aromatic nitrogens is 3. The van der Waals surface area contributed by atoms with Crippen LogP contribution in [0.1, 0.15) is 5.82 Å². The van der Waals surface area contributed by atoms with E-state index in [1.807, 2.05) is 54.6 Å². The van der Waals surface area contributed by atoms with Gasteiger partial charge >= 0.3 is 0 Å². The van der Waals surface area contributed by atoms with E-state index in [2.05, 4.69) is 19.7 Å². The minimum atomic E-state index is 0.617. The lowest BCUT2D eigenvalue weighted by Crippen LogP contribution is -1.96. The quantitative estimate of drug-likeness (QED) is 0.498. The van der Waals surface area contributed by atoms with E-state index in [9.17, 15) is 0 Å². The molecule has 0 amide bonds. The summed E-state index contributed by atoms with van der Waals surface area (Å²) in [6, 6.07) is 17.5. The summed E-state index contributed by atoms with van der Waals surface area (Å²) in [5.74, 6) is 2.33. The van der Waals surface area contributed by atoms with Crippen LogP contribution in [-0.4, -0.2) is 28.1 Å². The summed E-state index contributed by atoms with van der Waals surface area (Å²) in [6.07, 6.45) is 2.46. The van der Waals surface area contributed by atoms with Gasteiger partial charge in [0, 0.05) is 42.3 Å². The molecule has 0 aliphatic rings. The van der Waals surface area contributed by atoms with Gasteiger partial charge in [-0.1, -0.05) is 12.1 Å². The van der Waals surface area contributed by atoms with Crippen LogP contribution >= 0.6 is 11.5 Å². The first-order valence-corrected chi connectivity index (χ1v) is 9.29. The molecule has 0 bridgehead atoms. The van der Waals surface area contributed by atoms with Gasteiger partial charge in [-0.3, -0.25) is 4.98 Å². The van der Waals surface area contributed by atoms with Gasteiger partial charge in [-0.2, -0.15) is 4.37 Å². The van der Waals surface area contributed by atoms with Crippen LogP contribution in [0.25, 0.3) is 10.9 Å². The van der Waals surface area contributed by atoms with Gasteiger partial charge in [0.1, 0.15) is 17.3 Å². The maximum Gasteiger partial charge on any atom is 0.207 e. The van der Waals surface area contributed by atoms with Crippen LogP contribution in [0, 0.1) is 0 Å². The number of anilines is 2. The molecule has 0 unspecified atom stereocenters. The van der Waals surface area contributed by atoms with Crippen LogP contribution in [0.3, 0.4) is 0 Å². The second-order valence-corrected chi connectivity index (χ2v) is 6.59. The van der Waals surface area contributed by atoms with Gasteiger partial charge in [0.05, 0.1) is 12.1 Å². The highest BCUT2D eigenvalue weighted by Crippen LogP contribution is 2.29. The topological polar surface area (TPSA) is 69.2 Å². The van der Waals surface area contributed by atoms with E-state index in [0.717, 1.165) is 39.0 Å². The summed E-state index contributed by atoms with van der Waals surface area (Å²) in [6.45, 7) is 0.617. The van der Waals surface area contributed by atoms with Crippen molar-refractivity contribution in [2.45, 2.75) is 6.42 Å². The summed E-state index contributed by atoms with van der Waals surface area (Å²) in [5, 5.41) is 5.00. The van der Waals surface area contributed by atoms with Crippen molar-refractivity contribution in [3.63, 3.8) is 0 Å². The molecule has 0 spiro atoms. The minimum absolute atomic E-state index is 0.617. The van der Waals surface area contributed by atoms with Crippen molar-refractivity contribution in [2.24, 2.45) is 0 Å². The molecule has 0 radical (unpaired) electrons. The van der Waals surface area contributed by atoms with Crippen molar-refractivity contribution < 1.29 is 9.47 Å². The van der Waals surface area contributed by atoms with Crippen LogP contribution < -0.4 is 10.1 Å². The molecule has 0 fully saturated rings. The molecule has 4 aromatic rings. The lowest BCUT2D eigenvalue weighted by molar-refractivity contribution is 0.201. The number of pyridine rings is 1. The van der Waals surface area contributed by atoms with Crippen molar-refractivity contribution >= 4 is 33.3 Å². The fraction of sp³-hybridized carbons (Fsp3) is 0.150. The number of rotatable bonds is 7. The molecule has 2 aromatic heterocycles. The first-order chi connectivity index (χ1) is 13.3. The highest BCUT2D eigenvalue weighted by molar-refractivity contribution is 7.09. The van der Waals surface area contributed by atoms with Gasteiger partial charge in [0.2, 0.25) is 5.13 Å². The van der Waals surface area contributed by atoms with Crippen molar-refractivity contribution in [1.29, 1.82) is 0 Å². The zero-order valence-corrected chi connectivity index (χ0v) is 15.6. The SMILES string of the molecule is COCCc1nsc(Nc2ccc(Oc3ccnc4ccccc34)cc2)n1. The van der Waals surface area contributed by atoms with E-state index in [1.165, 1.54) is 11.5 Å². The van der Waals surface area contributed by atoms with Gasteiger partial charge in [-0.25, -0.2) is 4.98 Å². The number of nitrogens with one attached hydrogen (secondary N) is 1. The molecule has 6 nitrogen and oxygen atoms in total. The summed E-state index contributed by atoms with van der Waals surface area (Å²) in [7, 11) is 1.67. The summed E-state index contributed by atoms with van der Waals surface area (Å²) in [4.78, 5) is 8.80. The number of hydrogen-bond donors (Lipinski definition) is 1. The van der Waals surface area contributed by atoms with E-state index < -0.39 is 0 Å². The van der Waals surface area contributed by atoms with E-state index >= 15 is 0 Å². The maximum absolute atomic E-state index is 6.04. The Bertz CT molecular complexity index is 1030. The Morgan fingerprint density at radius 2 is 1.89 bits per heavy atom. The molecule has 2 heterocycles. The standard InChI is InChI=1S/C20H18N4O2S/c1-25-13-11-19-23-20(27-24-19)22-14-6-8-15(9-7-14)26-18-10-12-21-17-5-3-2-4-16(17)18/h2-10,12H,11,13H2,1H3,(H,22,23,24). The summed E-state index contributed by atoms with van der Waals surface area (Å²) >= 11 is 1.34. The average molecular weight is 378 g/mol. The third kappa shape index (κ3) is 4.21. The maximum atomic E-state index is 6.04. The largest absolute Gasteiger partial charge is 0.457 e. The van der Waals surface area contributed by atoms with Gasteiger partial charge < -0.3 is 14.8 Å². The first kappa shape index (κ1) is 17.4. The Labute approximate surface area is 161 Å². The van der Waals surface area contributed by atoms with Crippen LogP contribution in [0.4, 0.5) is 10.8 Å². The van der Waals surface area contributed by atoms with E-state index in [1.54, 1.807) is 13.3 Å². The van der Waals surface area contributed by atoms with Crippen LogP contribution in [0.2, 0.25) is 0 Å². The molecule has 0 saturated carbocycles. The van der Waals surface area contributed by atoms with Crippen molar-refractivity contribution in [2.75, 3.05) is 19.0 Å². The summed E-state index contributed by atoms with van der Waals surface area (Å²) < 4.78 is 15.4. The lowest BCUT2D eigenvalue weighted by Gasteiger charge is -2.09. The van der Waals surface area contributed by atoms with Gasteiger partial charge in [0.15, 0.2) is 0 Å². The van der Waals surface area contributed by atoms with Crippen molar-refractivity contribution in [1.82, 2.24) is 14.3 Å². The van der Waals surface area contributed by atoms with Crippen LogP contribution in [-0.2, 0) is 11.2 Å². The van der Waals surface area contributed by atoms with Gasteiger partial charge in [-0.15, -0.1) is 0 Å². The smallest absolute Gasteiger partial charge is 0.207 e. The molecule has 0 atom stereocenters. The highest BCUT2D eigenvalue weighted by Gasteiger charge is 2.06. The minimum Gasteiger partial charge on any atom is -0.457 e. The molecule has 0 aliphatic heterocycles. The molecule has 7 heteroatoms. The number of benzene rings is 2.